The van der Waals surface area contributed by atoms with Crippen LogP contribution in [0.15, 0.2) is 4.40 Å². The molecule has 0 aliphatic carbocycles. The number of hydrogen-bond acceptors (Lipinski definition) is 2. The largest absolute Gasteiger partial charge is 0.389 e. The molecule has 2 N–H and O–H groups in total. The average Bonchev–Trinajstić information content (AvgIpc) is 1.66. The van der Waals surface area contributed by atoms with Crippen molar-refractivity contribution in [2.75, 3.05) is 5.75 Å². The van der Waals surface area contributed by atoms with Gasteiger partial charge in [-0.3, -0.25) is 0 Å². The molecule has 0 radical (unpaired) electrons. The van der Waals surface area contributed by atoms with Gasteiger partial charge >= 0.3 is 0 Å². The van der Waals surface area contributed by atoms with Gasteiger partial charge in [-0.1, -0.05) is 13.8 Å². The summed E-state index contributed by atoms with van der Waals surface area (Å²) in [5.74, 6) is 1.75. The minimum atomic E-state index is 0.698. The van der Waals surface area contributed by atoms with Gasteiger partial charge in [0.25, 0.3) is 0 Å². The molecule has 0 atom stereocenters. The second-order valence-corrected chi connectivity index (χ2v) is 2.75. The Hall–Kier alpha value is -0.180. The standard InChI is InChI=1S/C5H12N2S/c1-5(2)3-8-7-4-6/h4-5H,3H2,1-2H3,(H2,6,7). The fourth-order valence-electron chi connectivity index (χ4n) is 0.235. The Balaban J connectivity index is 2.93. The van der Waals surface area contributed by atoms with Crippen LogP contribution in [-0.2, 0) is 0 Å². The van der Waals surface area contributed by atoms with Crippen molar-refractivity contribution in [1.29, 1.82) is 0 Å². The van der Waals surface area contributed by atoms with Crippen molar-refractivity contribution in [3.8, 4) is 0 Å². The van der Waals surface area contributed by atoms with Gasteiger partial charge in [0.1, 0.15) is 0 Å². The van der Waals surface area contributed by atoms with Crippen LogP contribution in [-0.4, -0.2) is 12.1 Å². The van der Waals surface area contributed by atoms with Gasteiger partial charge in [0.2, 0.25) is 0 Å². The second-order valence-electron chi connectivity index (χ2n) is 1.94. The number of nitrogens with two attached hydrogens (primary N) is 1. The maximum atomic E-state index is 5.00. The third kappa shape index (κ3) is 5.82. The Labute approximate surface area is 54.7 Å². The van der Waals surface area contributed by atoms with Crippen LogP contribution in [0.5, 0.6) is 0 Å². The van der Waals surface area contributed by atoms with Crippen LogP contribution in [0, 0.1) is 5.92 Å². The second kappa shape index (κ2) is 4.97. The number of rotatable bonds is 3. The van der Waals surface area contributed by atoms with Gasteiger partial charge in [0, 0.05) is 5.75 Å². The Kier molecular flexibility index (Phi) is 4.85. The zero-order chi connectivity index (χ0) is 6.41. The molecule has 0 aromatic carbocycles. The first-order valence-electron chi connectivity index (χ1n) is 2.63. The van der Waals surface area contributed by atoms with E-state index in [1.807, 2.05) is 0 Å². The molecule has 0 aliphatic heterocycles. The minimum absolute atomic E-state index is 0.698. The molecule has 0 fully saturated rings. The number of hydrogen-bond donors (Lipinski definition) is 1. The number of nitrogens with zero attached hydrogens (tertiary/aromatic N) is 1. The highest BCUT2D eigenvalue weighted by Gasteiger charge is 1.89. The van der Waals surface area contributed by atoms with Crippen molar-refractivity contribution in [3.05, 3.63) is 0 Å². The van der Waals surface area contributed by atoms with Crippen LogP contribution in [0.25, 0.3) is 0 Å². The SMILES string of the molecule is CC(C)CS/N=C\N. The van der Waals surface area contributed by atoms with E-state index in [1.165, 1.54) is 18.3 Å². The lowest BCUT2D eigenvalue weighted by molar-refractivity contribution is 0.751. The van der Waals surface area contributed by atoms with E-state index in [0.29, 0.717) is 5.92 Å². The molecule has 0 amide bonds. The summed E-state index contributed by atoms with van der Waals surface area (Å²) in [5, 5.41) is 0. The molecule has 0 spiro atoms. The van der Waals surface area contributed by atoms with Crippen LogP contribution >= 0.6 is 11.9 Å². The molecule has 0 aromatic rings. The van der Waals surface area contributed by atoms with Crippen LogP contribution in [0.3, 0.4) is 0 Å². The molecule has 8 heavy (non-hydrogen) atoms. The maximum absolute atomic E-state index is 5.00. The van der Waals surface area contributed by atoms with Crippen LogP contribution < -0.4 is 5.73 Å². The molecule has 0 heterocycles. The predicted octanol–water partition coefficient (Wildman–Crippen LogP) is 1.28. The summed E-state index contributed by atoms with van der Waals surface area (Å²) in [6.45, 7) is 4.30. The molecule has 0 unspecified atom stereocenters. The fourth-order valence-corrected chi connectivity index (χ4v) is 0.705. The summed E-state index contributed by atoms with van der Waals surface area (Å²) in [4.78, 5) is 0. The van der Waals surface area contributed by atoms with Gasteiger partial charge in [0.15, 0.2) is 0 Å². The minimum Gasteiger partial charge on any atom is -0.389 e. The third-order valence-corrected chi connectivity index (χ3v) is 1.63. The average molecular weight is 132 g/mol. The molecule has 2 nitrogen and oxygen atoms in total. The highest BCUT2D eigenvalue weighted by molar-refractivity contribution is 7.98. The van der Waals surface area contributed by atoms with Gasteiger partial charge in [0.05, 0.1) is 6.34 Å². The van der Waals surface area contributed by atoms with E-state index < -0.39 is 0 Å². The summed E-state index contributed by atoms with van der Waals surface area (Å²) in [7, 11) is 0. The molecular formula is C5H12N2S. The van der Waals surface area contributed by atoms with Crippen LogP contribution in [0.2, 0.25) is 0 Å². The maximum Gasteiger partial charge on any atom is 0.0937 e. The molecule has 0 saturated heterocycles. The smallest absolute Gasteiger partial charge is 0.0937 e. The molecule has 3 heteroatoms. The summed E-state index contributed by atoms with van der Waals surface area (Å²) in [5.41, 5.74) is 5.00. The van der Waals surface area contributed by atoms with Crippen molar-refractivity contribution < 1.29 is 0 Å². The highest BCUT2D eigenvalue weighted by atomic mass is 32.2. The molecule has 0 rings (SSSR count). The van der Waals surface area contributed by atoms with Gasteiger partial charge in [-0.15, -0.1) is 0 Å². The van der Waals surface area contributed by atoms with E-state index in [4.69, 9.17) is 5.73 Å². The normalized spacial score (nSPS) is 11.4. The van der Waals surface area contributed by atoms with Gasteiger partial charge in [-0.2, -0.15) is 0 Å². The van der Waals surface area contributed by atoms with E-state index in [2.05, 4.69) is 18.2 Å². The predicted molar refractivity (Wildman–Crippen MR) is 40.0 cm³/mol. The molecule has 0 saturated carbocycles. The fraction of sp³-hybridized carbons (Fsp3) is 0.800. The van der Waals surface area contributed by atoms with Crippen LogP contribution in [0.1, 0.15) is 13.8 Å². The Bertz CT molecular complexity index is 70.8. The van der Waals surface area contributed by atoms with Crippen LogP contribution in [0.4, 0.5) is 0 Å². The van der Waals surface area contributed by atoms with Gasteiger partial charge < -0.3 is 5.73 Å². The van der Waals surface area contributed by atoms with E-state index in [-0.39, 0.29) is 0 Å². The van der Waals surface area contributed by atoms with Crippen molar-refractivity contribution in [3.63, 3.8) is 0 Å². The topological polar surface area (TPSA) is 38.4 Å². The van der Waals surface area contributed by atoms with Crippen molar-refractivity contribution in [2.45, 2.75) is 13.8 Å². The van der Waals surface area contributed by atoms with E-state index in [9.17, 15) is 0 Å². The molecular weight excluding hydrogens is 120 g/mol. The summed E-state index contributed by atoms with van der Waals surface area (Å²) in [6, 6.07) is 0. The first kappa shape index (κ1) is 7.82. The quantitative estimate of drug-likeness (QED) is 0.357. The van der Waals surface area contributed by atoms with Crippen molar-refractivity contribution in [1.82, 2.24) is 0 Å². The lowest BCUT2D eigenvalue weighted by Gasteiger charge is -1.96. The van der Waals surface area contributed by atoms with E-state index >= 15 is 0 Å². The zero-order valence-corrected chi connectivity index (χ0v) is 6.11. The Morgan fingerprint density at radius 3 is 2.75 bits per heavy atom. The molecule has 0 aromatic heterocycles. The summed E-state index contributed by atoms with van der Waals surface area (Å²) >= 11 is 1.51. The summed E-state index contributed by atoms with van der Waals surface area (Å²) < 4.78 is 3.78. The zero-order valence-electron chi connectivity index (χ0n) is 5.29. The Morgan fingerprint density at radius 1 is 1.75 bits per heavy atom. The summed E-state index contributed by atoms with van der Waals surface area (Å²) in [6.07, 6.45) is 1.33. The molecule has 0 aliphatic rings. The van der Waals surface area contributed by atoms with E-state index in [1.54, 1.807) is 0 Å². The van der Waals surface area contributed by atoms with E-state index in [0.717, 1.165) is 5.75 Å². The van der Waals surface area contributed by atoms with Crippen molar-refractivity contribution >= 4 is 18.3 Å². The lowest BCUT2D eigenvalue weighted by atomic mass is 10.3. The third-order valence-electron chi connectivity index (χ3n) is 0.543. The first-order valence-corrected chi connectivity index (χ1v) is 3.57. The lowest BCUT2D eigenvalue weighted by Crippen LogP contribution is -1.90. The van der Waals surface area contributed by atoms with Crippen molar-refractivity contribution in [2.24, 2.45) is 16.0 Å². The molecule has 48 valence electrons. The monoisotopic (exact) mass is 132 g/mol. The van der Waals surface area contributed by atoms with Gasteiger partial charge in [-0.25, -0.2) is 4.40 Å². The molecule has 0 bridgehead atoms. The first-order chi connectivity index (χ1) is 3.77. The highest BCUT2D eigenvalue weighted by Crippen LogP contribution is 2.06. The Morgan fingerprint density at radius 2 is 2.38 bits per heavy atom. The van der Waals surface area contributed by atoms with Gasteiger partial charge in [-0.05, 0) is 17.9 Å².